The minimum atomic E-state index is -2.84. The lowest BCUT2D eigenvalue weighted by molar-refractivity contribution is -0.0503. The van der Waals surface area contributed by atoms with Crippen LogP contribution in [0.5, 0.6) is 5.75 Å². The van der Waals surface area contributed by atoms with Crippen molar-refractivity contribution in [2.75, 3.05) is 5.32 Å². The SMILES string of the molecule is FC(F)Oc1ccccc1CSc1nc(NC2CC2)c2ccccc2n1. The Hall–Kier alpha value is -2.41. The van der Waals surface area contributed by atoms with Crippen LogP contribution in [-0.4, -0.2) is 22.6 Å². The number of aromatic nitrogens is 2. The van der Waals surface area contributed by atoms with Crippen LogP contribution in [0.1, 0.15) is 18.4 Å². The maximum absolute atomic E-state index is 12.6. The van der Waals surface area contributed by atoms with E-state index in [4.69, 9.17) is 0 Å². The standard InChI is InChI=1S/C19H17F2N3OS/c20-18(21)25-16-8-4-1-5-12(16)11-26-19-23-15-7-3-2-6-14(15)17(24-19)22-13-9-10-13/h1-8,13,18H,9-11H2,(H,22,23,24). The normalized spacial score (nSPS) is 14.0. The van der Waals surface area contributed by atoms with E-state index < -0.39 is 6.61 Å². The fraction of sp³-hybridized carbons (Fsp3) is 0.263. The minimum absolute atomic E-state index is 0.187. The smallest absolute Gasteiger partial charge is 0.387 e. The molecule has 1 aliphatic carbocycles. The highest BCUT2D eigenvalue weighted by atomic mass is 32.2. The summed E-state index contributed by atoms with van der Waals surface area (Å²) in [7, 11) is 0. The van der Waals surface area contributed by atoms with Gasteiger partial charge in [-0.15, -0.1) is 0 Å². The zero-order chi connectivity index (χ0) is 17.9. The molecular weight excluding hydrogens is 356 g/mol. The van der Waals surface area contributed by atoms with Crippen molar-refractivity contribution in [2.24, 2.45) is 0 Å². The Balaban J connectivity index is 1.58. The molecule has 0 radical (unpaired) electrons. The number of thioether (sulfide) groups is 1. The van der Waals surface area contributed by atoms with Gasteiger partial charge in [-0.1, -0.05) is 42.1 Å². The number of ether oxygens (including phenoxy) is 1. The summed E-state index contributed by atoms with van der Waals surface area (Å²) in [5.74, 6) is 1.47. The lowest BCUT2D eigenvalue weighted by atomic mass is 10.2. The predicted octanol–water partition coefficient (Wildman–Crippen LogP) is 5.10. The van der Waals surface area contributed by atoms with Crippen LogP contribution >= 0.6 is 11.8 Å². The van der Waals surface area contributed by atoms with Crippen molar-refractivity contribution < 1.29 is 13.5 Å². The van der Waals surface area contributed by atoms with E-state index in [0.717, 1.165) is 29.6 Å². The van der Waals surface area contributed by atoms with Crippen molar-refractivity contribution >= 4 is 28.5 Å². The van der Waals surface area contributed by atoms with Gasteiger partial charge in [0.25, 0.3) is 0 Å². The van der Waals surface area contributed by atoms with Crippen molar-refractivity contribution in [1.29, 1.82) is 0 Å². The molecule has 0 saturated heterocycles. The molecule has 0 atom stereocenters. The fourth-order valence-corrected chi connectivity index (χ4v) is 3.47. The molecule has 1 heterocycles. The molecule has 1 fully saturated rings. The number of halogens is 2. The molecule has 1 saturated carbocycles. The highest BCUT2D eigenvalue weighted by molar-refractivity contribution is 7.98. The summed E-state index contributed by atoms with van der Waals surface area (Å²) >= 11 is 1.40. The van der Waals surface area contributed by atoms with Gasteiger partial charge in [0.2, 0.25) is 0 Å². The summed E-state index contributed by atoms with van der Waals surface area (Å²) in [5, 5.41) is 5.05. The summed E-state index contributed by atoms with van der Waals surface area (Å²) in [6, 6.07) is 15.1. The van der Waals surface area contributed by atoms with Gasteiger partial charge in [-0.3, -0.25) is 0 Å². The topological polar surface area (TPSA) is 47.0 Å². The van der Waals surface area contributed by atoms with Crippen molar-refractivity contribution in [3.8, 4) is 5.75 Å². The molecule has 0 amide bonds. The van der Waals surface area contributed by atoms with Gasteiger partial charge in [0.1, 0.15) is 11.6 Å². The fourth-order valence-electron chi connectivity index (χ4n) is 2.63. The summed E-state index contributed by atoms with van der Waals surface area (Å²) in [5.41, 5.74) is 1.55. The van der Waals surface area contributed by atoms with Gasteiger partial charge in [-0.05, 0) is 31.0 Å². The third-order valence-electron chi connectivity index (χ3n) is 4.05. The number of fused-ring (bicyclic) bond motifs is 1. The van der Waals surface area contributed by atoms with Gasteiger partial charge in [-0.2, -0.15) is 8.78 Å². The van der Waals surface area contributed by atoms with Gasteiger partial charge in [-0.25, -0.2) is 9.97 Å². The highest BCUT2D eigenvalue weighted by Gasteiger charge is 2.22. The molecule has 2 aromatic carbocycles. The maximum Gasteiger partial charge on any atom is 0.387 e. The number of alkyl halides is 2. The molecule has 0 unspecified atom stereocenters. The zero-order valence-electron chi connectivity index (χ0n) is 13.9. The van der Waals surface area contributed by atoms with E-state index in [0.29, 0.717) is 22.5 Å². The highest BCUT2D eigenvalue weighted by Crippen LogP contribution is 2.32. The van der Waals surface area contributed by atoms with E-state index in [1.807, 2.05) is 24.3 Å². The first-order valence-corrected chi connectivity index (χ1v) is 9.36. The average Bonchev–Trinajstić information content (AvgIpc) is 3.45. The quantitative estimate of drug-likeness (QED) is 0.461. The maximum atomic E-state index is 12.6. The van der Waals surface area contributed by atoms with E-state index in [1.165, 1.54) is 11.8 Å². The van der Waals surface area contributed by atoms with E-state index in [2.05, 4.69) is 20.0 Å². The summed E-state index contributed by atoms with van der Waals surface area (Å²) < 4.78 is 29.7. The Bertz CT molecular complexity index is 918. The van der Waals surface area contributed by atoms with Crippen LogP contribution in [0, 0.1) is 0 Å². The van der Waals surface area contributed by atoms with E-state index in [9.17, 15) is 8.78 Å². The lowest BCUT2D eigenvalue weighted by Crippen LogP contribution is -2.06. The van der Waals surface area contributed by atoms with Gasteiger partial charge < -0.3 is 10.1 Å². The first-order chi connectivity index (χ1) is 12.7. The van der Waals surface area contributed by atoms with Crippen molar-refractivity contribution in [3.05, 3.63) is 54.1 Å². The molecule has 7 heteroatoms. The van der Waals surface area contributed by atoms with Crippen molar-refractivity contribution in [3.63, 3.8) is 0 Å². The van der Waals surface area contributed by atoms with Gasteiger partial charge in [0.15, 0.2) is 5.16 Å². The van der Waals surface area contributed by atoms with Crippen LogP contribution in [0.3, 0.4) is 0 Å². The van der Waals surface area contributed by atoms with Gasteiger partial charge in [0.05, 0.1) is 5.52 Å². The summed E-state index contributed by atoms with van der Waals surface area (Å²) in [6.07, 6.45) is 2.30. The van der Waals surface area contributed by atoms with Crippen LogP contribution in [0.15, 0.2) is 53.7 Å². The Labute approximate surface area is 154 Å². The summed E-state index contributed by atoms with van der Waals surface area (Å²) in [4.78, 5) is 9.23. The minimum Gasteiger partial charge on any atom is -0.435 e. The van der Waals surface area contributed by atoms with E-state index in [-0.39, 0.29) is 5.75 Å². The van der Waals surface area contributed by atoms with E-state index in [1.54, 1.807) is 24.3 Å². The number of nitrogens with one attached hydrogen (secondary N) is 1. The molecule has 3 aromatic rings. The monoisotopic (exact) mass is 373 g/mol. The third kappa shape index (κ3) is 4.04. The molecule has 134 valence electrons. The number of anilines is 1. The first kappa shape index (κ1) is 17.0. The molecule has 26 heavy (non-hydrogen) atoms. The average molecular weight is 373 g/mol. The third-order valence-corrected chi connectivity index (χ3v) is 4.94. The molecule has 0 spiro atoms. The largest absolute Gasteiger partial charge is 0.435 e. The van der Waals surface area contributed by atoms with Crippen molar-refractivity contribution in [1.82, 2.24) is 9.97 Å². The Kier molecular flexibility index (Phi) is 4.88. The van der Waals surface area contributed by atoms with Gasteiger partial charge >= 0.3 is 6.61 Å². The molecular formula is C19H17F2N3OS. The van der Waals surface area contributed by atoms with Crippen LogP contribution in [0.25, 0.3) is 10.9 Å². The molecule has 1 N–H and O–H groups in total. The molecule has 0 aliphatic heterocycles. The first-order valence-electron chi connectivity index (χ1n) is 8.38. The number of nitrogens with zero attached hydrogens (tertiary/aromatic N) is 2. The number of para-hydroxylation sites is 2. The molecule has 4 nitrogen and oxygen atoms in total. The van der Waals surface area contributed by atoms with Crippen LogP contribution in [-0.2, 0) is 5.75 Å². The zero-order valence-corrected chi connectivity index (χ0v) is 14.7. The van der Waals surface area contributed by atoms with Gasteiger partial charge in [0, 0.05) is 22.7 Å². The lowest BCUT2D eigenvalue weighted by Gasteiger charge is -2.11. The van der Waals surface area contributed by atoms with Crippen LogP contribution < -0.4 is 10.1 Å². The summed E-state index contributed by atoms with van der Waals surface area (Å²) in [6.45, 7) is -2.84. The Morgan fingerprint density at radius 2 is 1.85 bits per heavy atom. The van der Waals surface area contributed by atoms with Crippen LogP contribution in [0.4, 0.5) is 14.6 Å². The van der Waals surface area contributed by atoms with Crippen LogP contribution in [0.2, 0.25) is 0 Å². The Morgan fingerprint density at radius 3 is 2.65 bits per heavy atom. The molecule has 1 aliphatic rings. The number of hydrogen-bond donors (Lipinski definition) is 1. The van der Waals surface area contributed by atoms with E-state index >= 15 is 0 Å². The number of benzene rings is 2. The second kappa shape index (κ2) is 7.45. The number of hydrogen-bond acceptors (Lipinski definition) is 5. The van der Waals surface area contributed by atoms with Crippen molar-refractivity contribution in [2.45, 2.75) is 36.4 Å². The predicted molar refractivity (Wildman–Crippen MR) is 98.8 cm³/mol. The Morgan fingerprint density at radius 1 is 1.08 bits per heavy atom. The molecule has 4 rings (SSSR count). The molecule has 0 bridgehead atoms. The molecule has 1 aromatic heterocycles. The second-order valence-corrected chi connectivity index (χ2v) is 7.01. The second-order valence-electron chi connectivity index (χ2n) is 6.07. The number of rotatable bonds is 7.